The second-order valence-electron chi connectivity index (χ2n) is 6.47. The normalized spacial score (nSPS) is 11.2. The van der Waals surface area contributed by atoms with Crippen LogP contribution < -0.4 is 10.6 Å². The van der Waals surface area contributed by atoms with Crippen LogP contribution in [0, 0.1) is 5.82 Å². The van der Waals surface area contributed by atoms with Crippen molar-refractivity contribution < 1.29 is 22.4 Å². The molecule has 0 saturated carbocycles. The predicted molar refractivity (Wildman–Crippen MR) is 112 cm³/mol. The Morgan fingerprint density at radius 3 is 2.47 bits per heavy atom. The van der Waals surface area contributed by atoms with Gasteiger partial charge in [0, 0.05) is 28.4 Å². The molecule has 0 radical (unpaired) electrons. The maximum absolute atomic E-state index is 14.3. The molecule has 4 rings (SSSR count). The van der Waals surface area contributed by atoms with Crippen LogP contribution in [0.4, 0.5) is 34.2 Å². The molecule has 0 aliphatic heterocycles. The summed E-state index contributed by atoms with van der Waals surface area (Å²) in [4.78, 5) is 16.5. The molecule has 0 fully saturated rings. The summed E-state index contributed by atoms with van der Waals surface area (Å²) in [5.74, 6) is -1.34. The minimum absolute atomic E-state index is 0.00239. The number of halogens is 4. The molecule has 4 aromatic rings. The summed E-state index contributed by atoms with van der Waals surface area (Å²) in [5, 5.41) is 14.8. The number of carbonyl (C=O) groups excluding carboxylic acids is 1. The fourth-order valence-electron chi connectivity index (χ4n) is 2.79. The van der Waals surface area contributed by atoms with E-state index in [4.69, 9.17) is 0 Å². The zero-order valence-electron chi connectivity index (χ0n) is 16.0. The standard InChI is InChI=1S/C21H13F4N5OS/c22-18-14(3-1-4-15(18)21(23,24)25)16-11-32-20(28-16)29-19(31)12-6-8-13(9-7-12)27-17-5-2-10-26-30-17/h1-11H,(H,27,30)(H,28,29,31). The third kappa shape index (κ3) is 4.72. The average molecular weight is 459 g/mol. The Bertz CT molecular complexity index is 1240. The van der Waals surface area contributed by atoms with Crippen molar-refractivity contribution in [1.82, 2.24) is 15.2 Å². The van der Waals surface area contributed by atoms with Crippen LogP contribution in [0.15, 0.2) is 66.2 Å². The molecule has 162 valence electrons. The number of carbonyl (C=O) groups is 1. The molecule has 0 aliphatic rings. The van der Waals surface area contributed by atoms with E-state index < -0.39 is 23.5 Å². The van der Waals surface area contributed by atoms with Crippen LogP contribution in [0.3, 0.4) is 0 Å². The summed E-state index contributed by atoms with van der Waals surface area (Å²) in [5.41, 5.74) is -0.646. The fraction of sp³-hybridized carbons (Fsp3) is 0.0476. The Hall–Kier alpha value is -3.86. The van der Waals surface area contributed by atoms with Gasteiger partial charge in [0.15, 0.2) is 10.9 Å². The van der Waals surface area contributed by atoms with Crippen molar-refractivity contribution in [3.8, 4) is 11.3 Å². The van der Waals surface area contributed by atoms with Crippen LogP contribution in [0.1, 0.15) is 15.9 Å². The number of anilines is 3. The molecule has 2 heterocycles. The molecule has 11 heteroatoms. The highest BCUT2D eigenvalue weighted by Gasteiger charge is 2.35. The van der Waals surface area contributed by atoms with E-state index in [1.807, 2.05) is 0 Å². The Morgan fingerprint density at radius 2 is 1.78 bits per heavy atom. The topological polar surface area (TPSA) is 79.8 Å². The third-order valence-corrected chi connectivity index (χ3v) is 5.05. The van der Waals surface area contributed by atoms with Gasteiger partial charge in [0.25, 0.3) is 5.91 Å². The molecule has 2 N–H and O–H groups in total. The zero-order chi connectivity index (χ0) is 22.7. The first-order valence-corrected chi connectivity index (χ1v) is 9.97. The zero-order valence-corrected chi connectivity index (χ0v) is 16.8. The summed E-state index contributed by atoms with van der Waals surface area (Å²) in [6.07, 6.45) is -3.27. The molecule has 0 saturated heterocycles. The average Bonchev–Trinajstić information content (AvgIpc) is 3.22. The number of hydrogen-bond donors (Lipinski definition) is 2. The maximum Gasteiger partial charge on any atom is 0.419 e. The molecule has 6 nitrogen and oxygen atoms in total. The quantitative estimate of drug-likeness (QED) is 0.371. The van der Waals surface area contributed by atoms with Gasteiger partial charge in [-0.15, -0.1) is 16.4 Å². The lowest BCUT2D eigenvalue weighted by molar-refractivity contribution is -0.139. The van der Waals surface area contributed by atoms with Crippen molar-refractivity contribution in [2.24, 2.45) is 0 Å². The van der Waals surface area contributed by atoms with Crippen molar-refractivity contribution in [3.05, 3.63) is 83.1 Å². The number of amides is 1. The van der Waals surface area contributed by atoms with Crippen LogP contribution in [0.25, 0.3) is 11.3 Å². The molecular weight excluding hydrogens is 446 g/mol. The molecular formula is C21H13F4N5OS. The second-order valence-corrected chi connectivity index (χ2v) is 7.33. The number of nitrogens with zero attached hydrogens (tertiary/aromatic N) is 3. The van der Waals surface area contributed by atoms with E-state index in [0.717, 1.165) is 17.4 Å². The van der Waals surface area contributed by atoms with E-state index in [2.05, 4.69) is 25.8 Å². The van der Waals surface area contributed by atoms with Gasteiger partial charge < -0.3 is 5.32 Å². The van der Waals surface area contributed by atoms with Crippen molar-refractivity contribution in [2.75, 3.05) is 10.6 Å². The monoisotopic (exact) mass is 459 g/mol. The second kappa shape index (κ2) is 8.71. The third-order valence-electron chi connectivity index (χ3n) is 4.30. The van der Waals surface area contributed by atoms with E-state index in [9.17, 15) is 22.4 Å². The van der Waals surface area contributed by atoms with Crippen molar-refractivity contribution >= 4 is 33.9 Å². The molecule has 0 atom stereocenters. The lowest BCUT2D eigenvalue weighted by atomic mass is 10.1. The molecule has 1 amide bonds. The minimum Gasteiger partial charge on any atom is -0.339 e. The van der Waals surface area contributed by atoms with E-state index >= 15 is 0 Å². The smallest absolute Gasteiger partial charge is 0.339 e. The Morgan fingerprint density at radius 1 is 1.00 bits per heavy atom. The summed E-state index contributed by atoms with van der Waals surface area (Å²) in [6, 6.07) is 12.9. The van der Waals surface area contributed by atoms with Crippen LogP contribution in [0.2, 0.25) is 0 Å². The number of aromatic nitrogens is 3. The Kier molecular flexibility index (Phi) is 5.82. The summed E-state index contributed by atoms with van der Waals surface area (Å²) >= 11 is 0.976. The van der Waals surface area contributed by atoms with Crippen molar-refractivity contribution in [3.63, 3.8) is 0 Å². The van der Waals surface area contributed by atoms with Crippen LogP contribution in [-0.4, -0.2) is 21.1 Å². The van der Waals surface area contributed by atoms with Gasteiger partial charge in [0.2, 0.25) is 0 Å². The molecule has 2 aromatic carbocycles. The lowest BCUT2D eigenvalue weighted by Crippen LogP contribution is -2.11. The van der Waals surface area contributed by atoms with Gasteiger partial charge in [-0.05, 0) is 48.5 Å². The van der Waals surface area contributed by atoms with E-state index in [-0.39, 0.29) is 16.4 Å². The van der Waals surface area contributed by atoms with Gasteiger partial charge in [-0.25, -0.2) is 9.37 Å². The van der Waals surface area contributed by atoms with E-state index in [1.165, 1.54) is 11.4 Å². The van der Waals surface area contributed by atoms with Gasteiger partial charge in [0.1, 0.15) is 5.82 Å². The first kappa shape index (κ1) is 21.4. The highest BCUT2D eigenvalue weighted by atomic mass is 32.1. The predicted octanol–water partition coefficient (Wildman–Crippen LogP) is 5.75. The molecule has 0 unspecified atom stereocenters. The minimum atomic E-state index is -4.82. The van der Waals surface area contributed by atoms with Gasteiger partial charge in [0.05, 0.1) is 11.3 Å². The molecule has 2 aromatic heterocycles. The first-order valence-electron chi connectivity index (χ1n) is 9.09. The molecule has 32 heavy (non-hydrogen) atoms. The number of nitrogens with one attached hydrogen (secondary N) is 2. The molecule has 0 spiro atoms. The number of benzene rings is 2. The van der Waals surface area contributed by atoms with Crippen LogP contribution in [-0.2, 0) is 6.18 Å². The Labute approximate surface area is 183 Å². The number of alkyl halides is 3. The van der Waals surface area contributed by atoms with E-state index in [0.29, 0.717) is 23.1 Å². The number of thiazole rings is 1. The number of rotatable bonds is 5. The van der Waals surface area contributed by atoms with Gasteiger partial charge in [-0.2, -0.15) is 18.3 Å². The SMILES string of the molecule is O=C(Nc1nc(-c2cccc(C(F)(F)F)c2F)cs1)c1ccc(Nc2cccnn2)cc1. The van der Waals surface area contributed by atoms with Gasteiger partial charge in [-0.1, -0.05) is 6.07 Å². The van der Waals surface area contributed by atoms with Gasteiger partial charge in [-0.3, -0.25) is 10.1 Å². The Balaban J connectivity index is 1.46. The number of hydrogen-bond acceptors (Lipinski definition) is 6. The molecule has 0 aliphatic carbocycles. The van der Waals surface area contributed by atoms with Crippen LogP contribution >= 0.6 is 11.3 Å². The summed E-state index contributed by atoms with van der Waals surface area (Å²) < 4.78 is 53.1. The summed E-state index contributed by atoms with van der Waals surface area (Å²) in [6.45, 7) is 0. The van der Waals surface area contributed by atoms with Crippen molar-refractivity contribution in [2.45, 2.75) is 6.18 Å². The fourth-order valence-corrected chi connectivity index (χ4v) is 3.50. The maximum atomic E-state index is 14.3. The van der Waals surface area contributed by atoms with Crippen molar-refractivity contribution in [1.29, 1.82) is 0 Å². The van der Waals surface area contributed by atoms with E-state index in [1.54, 1.807) is 42.6 Å². The largest absolute Gasteiger partial charge is 0.419 e. The van der Waals surface area contributed by atoms with Crippen LogP contribution in [0.5, 0.6) is 0 Å². The summed E-state index contributed by atoms with van der Waals surface area (Å²) in [7, 11) is 0. The lowest BCUT2D eigenvalue weighted by Gasteiger charge is -2.09. The molecule has 0 bridgehead atoms. The highest BCUT2D eigenvalue weighted by molar-refractivity contribution is 7.14. The van der Waals surface area contributed by atoms with Gasteiger partial charge >= 0.3 is 6.18 Å². The highest BCUT2D eigenvalue weighted by Crippen LogP contribution is 2.36. The first-order chi connectivity index (χ1) is 15.3.